The summed E-state index contributed by atoms with van der Waals surface area (Å²) >= 11 is 0. The lowest BCUT2D eigenvalue weighted by Gasteiger charge is -2.26. The van der Waals surface area contributed by atoms with Gasteiger partial charge in [0.05, 0.1) is 17.5 Å². The second-order valence-corrected chi connectivity index (χ2v) is 8.52. The molecule has 1 aliphatic heterocycles. The summed E-state index contributed by atoms with van der Waals surface area (Å²) in [5, 5.41) is 13.0. The predicted molar refractivity (Wildman–Crippen MR) is 118 cm³/mol. The van der Waals surface area contributed by atoms with E-state index in [0.29, 0.717) is 48.6 Å². The molecule has 168 valence electrons. The van der Waals surface area contributed by atoms with Gasteiger partial charge in [0.1, 0.15) is 11.3 Å². The summed E-state index contributed by atoms with van der Waals surface area (Å²) in [5.41, 5.74) is -0.142. The van der Waals surface area contributed by atoms with Gasteiger partial charge in [-0.2, -0.15) is 0 Å². The summed E-state index contributed by atoms with van der Waals surface area (Å²) in [5.74, 6) is -1.13. The van der Waals surface area contributed by atoms with Crippen molar-refractivity contribution in [2.24, 2.45) is 5.92 Å². The number of fused-ring (bicyclic) bond motifs is 1. The summed E-state index contributed by atoms with van der Waals surface area (Å²) in [6, 6.07) is 1.61. The van der Waals surface area contributed by atoms with Crippen LogP contribution in [0.4, 0.5) is 10.1 Å². The minimum Gasteiger partial charge on any atom is -0.489 e. The third-order valence-corrected chi connectivity index (χ3v) is 6.43. The van der Waals surface area contributed by atoms with Crippen molar-refractivity contribution in [3.63, 3.8) is 0 Å². The molecule has 1 saturated heterocycles. The number of carboxylic acids is 1. The van der Waals surface area contributed by atoms with Crippen LogP contribution in [0.5, 0.6) is 5.75 Å². The number of nitrogens with zero attached hydrogens (tertiary/aromatic N) is 2. The zero-order valence-corrected chi connectivity index (χ0v) is 18.3. The molecule has 7 nitrogen and oxygen atoms in total. The predicted octanol–water partition coefficient (Wildman–Crippen LogP) is 3.40. The number of pyridine rings is 1. The fourth-order valence-corrected chi connectivity index (χ4v) is 4.70. The number of carbonyl (C=O) groups is 1. The van der Waals surface area contributed by atoms with Crippen molar-refractivity contribution in [3.8, 4) is 5.75 Å². The first-order valence-corrected chi connectivity index (χ1v) is 11.1. The van der Waals surface area contributed by atoms with Crippen molar-refractivity contribution < 1.29 is 19.0 Å². The molecule has 0 unspecified atom stereocenters. The first-order valence-electron chi connectivity index (χ1n) is 11.1. The van der Waals surface area contributed by atoms with Crippen LogP contribution >= 0.6 is 0 Å². The Labute approximate surface area is 180 Å². The van der Waals surface area contributed by atoms with Gasteiger partial charge in [0, 0.05) is 31.4 Å². The Balaban J connectivity index is 1.89. The highest BCUT2D eigenvalue weighted by Gasteiger charge is 2.34. The quantitative estimate of drug-likeness (QED) is 0.667. The minimum atomic E-state index is -1.30. The monoisotopic (exact) mass is 431 g/mol. The number of carboxylic acid groups (broad SMARTS) is 1. The van der Waals surface area contributed by atoms with E-state index in [9.17, 15) is 14.7 Å². The molecular weight excluding hydrogens is 401 g/mol. The minimum absolute atomic E-state index is 0.0632. The summed E-state index contributed by atoms with van der Waals surface area (Å²) in [6.07, 6.45) is 4.11. The van der Waals surface area contributed by atoms with Gasteiger partial charge in [0.2, 0.25) is 5.43 Å². The van der Waals surface area contributed by atoms with Gasteiger partial charge in [-0.1, -0.05) is 6.92 Å². The van der Waals surface area contributed by atoms with Crippen LogP contribution in [0.1, 0.15) is 56.4 Å². The van der Waals surface area contributed by atoms with E-state index in [-0.39, 0.29) is 17.0 Å². The highest BCUT2D eigenvalue weighted by molar-refractivity contribution is 5.97. The topological polar surface area (TPSA) is 83.8 Å². The van der Waals surface area contributed by atoms with Crippen LogP contribution in [0.25, 0.3) is 10.9 Å². The van der Waals surface area contributed by atoms with Crippen LogP contribution in [0, 0.1) is 11.7 Å². The first-order chi connectivity index (χ1) is 14.9. The molecule has 2 aromatic rings. The maximum absolute atomic E-state index is 15.5. The van der Waals surface area contributed by atoms with Crippen LogP contribution in [0.15, 0.2) is 17.1 Å². The number of hydrogen-bond acceptors (Lipinski definition) is 5. The number of rotatable bonds is 8. The van der Waals surface area contributed by atoms with Crippen LogP contribution in [0.2, 0.25) is 0 Å². The fourth-order valence-electron chi connectivity index (χ4n) is 4.70. The molecule has 8 heteroatoms. The van der Waals surface area contributed by atoms with Crippen molar-refractivity contribution in [1.29, 1.82) is 0 Å². The summed E-state index contributed by atoms with van der Waals surface area (Å²) in [7, 11) is 0. The van der Waals surface area contributed by atoms with E-state index in [1.54, 1.807) is 0 Å². The van der Waals surface area contributed by atoms with E-state index >= 15 is 4.39 Å². The van der Waals surface area contributed by atoms with E-state index in [2.05, 4.69) is 19.2 Å². The molecule has 4 rings (SSSR count). The smallest absolute Gasteiger partial charge is 0.341 e. The molecule has 31 heavy (non-hydrogen) atoms. The fraction of sp³-hybridized carbons (Fsp3) is 0.565. The number of hydrogen-bond donors (Lipinski definition) is 2. The number of halogens is 1. The maximum Gasteiger partial charge on any atom is 0.341 e. The lowest BCUT2D eigenvalue weighted by Crippen LogP contribution is -2.35. The third-order valence-electron chi connectivity index (χ3n) is 6.43. The van der Waals surface area contributed by atoms with E-state index < -0.39 is 17.2 Å². The molecule has 1 saturated carbocycles. The number of aromatic carboxylic acids is 1. The van der Waals surface area contributed by atoms with Gasteiger partial charge in [0.15, 0.2) is 11.6 Å². The van der Waals surface area contributed by atoms with Gasteiger partial charge in [-0.15, -0.1) is 0 Å². The van der Waals surface area contributed by atoms with Crippen molar-refractivity contribution in [1.82, 2.24) is 9.88 Å². The van der Waals surface area contributed by atoms with E-state index in [0.717, 1.165) is 25.8 Å². The molecule has 0 spiro atoms. The molecular formula is C23H30FN3O4. The normalized spacial score (nSPS) is 19.7. The maximum atomic E-state index is 15.5. The average Bonchev–Trinajstić information content (AvgIpc) is 3.45. The highest BCUT2D eigenvalue weighted by atomic mass is 19.1. The molecule has 1 aromatic carbocycles. The van der Waals surface area contributed by atoms with Gasteiger partial charge in [-0.05, 0) is 51.6 Å². The second kappa shape index (κ2) is 8.49. The molecule has 2 atom stereocenters. The Hall–Kier alpha value is -2.61. The molecule has 2 aliphatic rings. The number of nitrogens with one attached hydrogen (secondary N) is 1. The number of aromatic nitrogens is 1. The molecule has 0 bridgehead atoms. The first kappa shape index (κ1) is 21.6. The molecule has 2 heterocycles. The van der Waals surface area contributed by atoms with Gasteiger partial charge in [-0.25, -0.2) is 9.18 Å². The molecule has 2 fully saturated rings. The Bertz CT molecular complexity index is 1060. The number of benzene rings is 1. The second-order valence-electron chi connectivity index (χ2n) is 8.52. The summed E-state index contributed by atoms with van der Waals surface area (Å²) in [4.78, 5) is 26.5. The van der Waals surface area contributed by atoms with Gasteiger partial charge in [0.25, 0.3) is 0 Å². The SMILES string of the molecule is CCN[C@H](C)[C@@H]1CCN(c2c(F)cc3c(=O)c(C(=O)O)cn(C4CC4)c3c2OCC)C1. The number of ether oxygens (including phenoxy) is 1. The lowest BCUT2D eigenvalue weighted by molar-refractivity contribution is 0.0694. The third kappa shape index (κ3) is 3.89. The summed E-state index contributed by atoms with van der Waals surface area (Å²) in [6.45, 7) is 8.63. The highest BCUT2D eigenvalue weighted by Crippen LogP contribution is 2.44. The molecule has 2 N–H and O–H groups in total. The summed E-state index contributed by atoms with van der Waals surface area (Å²) < 4.78 is 23.2. The van der Waals surface area contributed by atoms with Crippen LogP contribution in [-0.2, 0) is 0 Å². The van der Waals surface area contributed by atoms with Crippen LogP contribution in [0.3, 0.4) is 0 Å². The Morgan fingerprint density at radius 1 is 1.35 bits per heavy atom. The van der Waals surface area contributed by atoms with Crippen molar-refractivity contribution in [2.75, 3.05) is 31.1 Å². The van der Waals surface area contributed by atoms with Crippen LogP contribution in [-0.4, -0.2) is 47.9 Å². The average molecular weight is 432 g/mol. The standard InChI is InChI=1S/C23H30FN3O4/c1-4-25-13(3)14-8-9-26(11-14)20-18(24)10-16-19(22(20)31-5-2)27(15-6-7-15)12-17(21(16)28)23(29)30/h10,12-15,25H,4-9,11H2,1-3H3,(H,29,30)/t13-,14-/m1/s1. The largest absolute Gasteiger partial charge is 0.489 e. The van der Waals surface area contributed by atoms with Gasteiger partial charge < -0.3 is 24.6 Å². The molecule has 0 radical (unpaired) electrons. The van der Waals surface area contributed by atoms with E-state index in [1.807, 2.05) is 16.4 Å². The molecule has 1 aromatic heterocycles. The molecule has 1 aliphatic carbocycles. The Morgan fingerprint density at radius 3 is 2.71 bits per heavy atom. The number of anilines is 1. The zero-order valence-electron chi connectivity index (χ0n) is 18.3. The Morgan fingerprint density at radius 2 is 2.10 bits per heavy atom. The molecule has 0 amide bonds. The zero-order chi connectivity index (χ0) is 22.3. The Kier molecular flexibility index (Phi) is 5.92. The lowest BCUT2D eigenvalue weighted by atomic mass is 10.0. The van der Waals surface area contributed by atoms with Gasteiger partial charge in [-0.3, -0.25) is 4.79 Å². The van der Waals surface area contributed by atoms with Crippen molar-refractivity contribution >= 4 is 22.6 Å². The van der Waals surface area contributed by atoms with Gasteiger partial charge >= 0.3 is 5.97 Å². The van der Waals surface area contributed by atoms with Crippen molar-refractivity contribution in [3.05, 3.63) is 33.9 Å². The van der Waals surface area contributed by atoms with Crippen molar-refractivity contribution in [2.45, 2.75) is 52.1 Å². The van der Waals surface area contributed by atoms with E-state index in [1.165, 1.54) is 12.3 Å². The van der Waals surface area contributed by atoms with E-state index in [4.69, 9.17) is 4.74 Å². The van der Waals surface area contributed by atoms with Crippen LogP contribution < -0.4 is 20.4 Å².